The number of methoxy groups -OCH3 is 1. The first kappa shape index (κ1) is 14.8. The van der Waals surface area contributed by atoms with Gasteiger partial charge in [-0.15, -0.1) is 0 Å². The molecular weight excluding hydrogens is 302 g/mol. The van der Waals surface area contributed by atoms with E-state index in [1.165, 1.54) is 0 Å². The average molecular weight is 321 g/mol. The second kappa shape index (κ2) is 5.71. The number of likely N-dealkylation sites (tertiary alicyclic amines) is 1. The fourth-order valence-electron chi connectivity index (χ4n) is 3.30. The Hall–Kier alpha value is -2.75. The topological polar surface area (TPSA) is 42.7 Å². The van der Waals surface area contributed by atoms with Crippen molar-refractivity contribution in [1.82, 2.24) is 4.90 Å². The maximum atomic E-state index is 12.9. The molecule has 1 saturated heterocycles. The van der Waals surface area contributed by atoms with Gasteiger partial charge in [0.1, 0.15) is 17.1 Å². The van der Waals surface area contributed by atoms with Crippen molar-refractivity contribution in [2.75, 3.05) is 13.7 Å². The van der Waals surface area contributed by atoms with Crippen LogP contribution >= 0.6 is 0 Å². The molecule has 24 heavy (non-hydrogen) atoms. The quantitative estimate of drug-likeness (QED) is 0.721. The number of hydrogen-bond acceptors (Lipinski definition) is 3. The Bertz CT molecular complexity index is 912. The fraction of sp³-hybridized carbons (Fsp3) is 0.250. The zero-order valence-electron chi connectivity index (χ0n) is 13.8. The summed E-state index contributed by atoms with van der Waals surface area (Å²) in [5, 5.41) is 0.969. The number of fused-ring (bicyclic) bond motifs is 1. The van der Waals surface area contributed by atoms with E-state index in [0.717, 1.165) is 41.0 Å². The van der Waals surface area contributed by atoms with E-state index in [1.807, 2.05) is 54.3 Å². The van der Waals surface area contributed by atoms with Gasteiger partial charge in [0.2, 0.25) is 0 Å². The number of rotatable bonds is 3. The number of carbonyl (C=O) groups excluding carboxylic acids is 1. The minimum absolute atomic E-state index is 0.0647. The van der Waals surface area contributed by atoms with Crippen molar-refractivity contribution in [2.24, 2.45) is 0 Å². The summed E-state index contributed by atoms with van der Waals surface area (Å²) in [5.41, 5.74) is 2.64. The SMILES string of the molecule is COc1cccc(C2CCN2C(=O)c2ccc3oc(C)cc3c2)c1. The molecule has 0 saturated carbocycles. The molecule has 0 aliphatic carbocycles. The van der Waals surface area contributed by atoms with Crippen LogP contribution in [0.3, 0.4) is 0 Å². The third kappa shape index (κ3) is 2.44. The van der Waals surface area contributed by atoms with Gasteiger partial charge in [-0.2, -0.15) is 0 Å². The number of furan rings is 1. The van der Waals surface area contributed by atoms with E-state index in [-0.39, 0.29) is 11.9 Å². The Morgan fingerprint density at radius 1 is 1.21 bits per heavy atom. The number of carbonyl (C=O) groups is 1. The lowest BCUT2D eigenvalue weighted by Gasteiger charge is -2.41. The molecule has 3 aromatic rings. The molecule has 2 heterocycles. The van der Waals surface area contributed by atoms with Crippen LogP contribution in [0.1, 0.15) is 34.1 Å². The van der Waals surface area contributed by atoms with Crippen LogP contribution in [0.4, 0.5) is 0 Å². The van der Waals surface area contributed by atoms with E-state index in [0.29, 0.717) is 5.56 Å². The molecule has 1 fully saturated rings. The maximum Gasteiger partial charge on any atom is 0.254 e. The molecule has 1 unspecified atom stereocenters. The van der Waals surface area contributed by atoms with Crippen molar-refractivity contribution < 1.29 is 13.9 Å². The first-order valence-electron chi connectivity index (χ1n) is 8.11. The highest BCUT2D eigenvalue weighted by Crippen LogP contribution is 2.36. The zero-order chi connectivity index (χ0) is 16.7. The van der Waals surface area contributed by atoms with Crippen LogP contribution in [0.2, 0.25) is 0 Å². The first-order chi connectivity index (χ1) is 11.7. The van der Waals surface area contributed by atoms with Gasteiger partial charge < -0.3 is 14.1 Å². The van der Waals surface area contributed by atoms with Crippen LogP contribution in [0.5, 0.6) is 5.75 Å². The molecule has 2 aromatic carbocycles. The standard InChI is InChI=1S/C20H19NO3/c1-13-10-16-11-15(6-7-19(16)24-13)20(22)21-9-8-18(21)14-4-3-5-17(12-14)23-2/h3-7,10-12,18H,8-9H2,1-2H3. The van der Waals surface area contributed by atoms with Crippen LogP contribution in [0.15, 0.2) is 52.9 Å². The van der Waals surface area contributed by atoms with Crippen molar-refractivity contribution in [3.05, 3.63) is 65.4 Å². The van der Waals surface area contributed by atoms with Gasteiger partial charge in [0.15, 0.2) is 0 Å². The summed E-state index contributed by atoms with van der Waals surface area (Å²) < 4.78 is 10.9. The van der Waals surface area contributed by atoms with Crippen LogP contribution in [-0.4, -0.2) is 24.5 Å². The Kier molecular flexibility index (Phi) is 3.53. The molecule has 1 aliphatic heterocycles. The number of ether oxygens (including phenoxy) is 1. The van der Waals surface area contributed by atoms with Gasteiger partial charge in [-0.05, 0) is 55.3 Å². The highest BCUT2D eigenvalue weighted by molar-refractivity contribution is 5.98. The van der Waals surface area contributed by atoms with Crippen molar-refractivity contribution in [3.63, 3.8) is 0 Å². The molecule has 1 atom stereocenters. The summed E-state index contributed by atoms with van der Waals surface area (Å²) >= 11 is 0. The van der Waals surface area contributed by atoms with Crippen molar-refractivity contribution in [2.45, 2.75) is 19.4 Å². The number of hydrogen-bond donors (Lipinski definition) is 0. The van der Waals surface area contributed by atoms with E-state index >= 15 is 0 Å². The van der Waals surface area contributed by atoms with Gasteiger partial charge in [-0.3, -0.25) is 4.79 Å². The molecule has 0 spiro atoms. The number of aryl methyl sites for hydroxylation is 1. The summed E-state index contributed by atoms with van der Waals surface area (Å²) in [4.78, 5) is 14.8. The van der Waals surface area contributed by atoms with Crippen molar-refractivity contribution >= 4 is 16.9 Å². The molecule has 4 nitrogen and oxygen atoms in total. The molecular formula is C20H19NO3. The molecule has 1 aliphatic rings. The van der Waals surface area contributed by atoms with Gasteiger partial charge in [-0.25, -0.2) is 0 Å². The third-order valence-corrected chi connectivity index (χ3v) is 4.65. The van der Waals surface area contributed by atoms with Gasteiger partial charge in [-0.1, -0.05) is 12.1 Å². The lowest BCUT2D eigenvalue weighted by molar-refractivity contribution is 0.0460. The lowest BCUT2D eigenvalue weighted by Crippen LogP contribution is -2.45. The monoisotopic (exact) mass is 321 g/mol. The molecule has 0 bridgehead atoms. The summed E-state index contributed by atoms with van der Waals surface area (Å²) in [7, 11) is 1.66. The summed E-state index contributed by atoms with van der Waals surface area (Å²) in [6.07, 6.45) is 0.978. The molecule has 1 aromatic heterocycles. The molecule has 122 valence electrons. The van der Waals surface area contributed by atoms with Crippen LogP contribution in [0, 0.1) is 6.92 Å². The highest BCUT2D eigenvalue weighted by Gasteiger charge is 2.34. The minimum Gasteiger partial charge on any atom is -0.497 e. The Balaban J connectivity index is 1.60. The van der Waals surface area contributed by atoms with E-state index in [2.05, 4.69) is 6.07 Å². The number of nitrogens with zero attached hydrogens (tertiary/aromatic N) is 1. The fourth-order valence-corrected chi connectivity index (χ4v) is 3.30. The van der Waals surface area contributed by atoms with Crippen LogP contribution < -0.4 is 4.74 Å². The first-order valence-corrected chi connectivity index (χ1v) is 8.11. The maximum absolute atomic E-state index is 12.9. The molecule has 4 heteroatoms. The Morgan fingerprint density at radius 2 is 2.08 bits per heavy atom. The smallest absolute Gasteiger partial charge is 0.254 e. The van der Waals surface area contributed by atoms with E-state index < -0.39 is 0 Å². The normalized spacial score (nSPS) is 16.9. The second-order valence-corrected chi connectivity index (χ2v) is 6.19. The summed E-state index contributed by atoms with van der Waals surface area (Å²) in [6, 6.07) is 15.6. The highest BCUT2D eigenvalue weighted by atomic mass is 16.5. The Labute approximate surface area is 140 Å². The minimum atomic E-state index is 0.0647. The van der Waals surface area contributed by atoms with Gasteiger partial charge >= 0.3 is 0 Å². The van der Waals surface area contributed by atoms with E-state index in [4.69, 9.17) is 9.15 Å². The molecule has 0 radical (unpaired) electrons. The molecule has 1 amide bonds. The lowest BCUT2D eigenvalue weighted by atomic mass is 9.93. The van der Waals surface area contributed by atoms with Gasteiger partial charge in [0.05, 0.1) is 13.2 Å². The average Bonchev–Trinajstić information content (AvgIpc) is 2.93. The van der Waals surface area contributed by atoms with Crippen molar-refractivity contribution in [1.29, 1.82) is 0 Å². The van der Waals surface area contributed by atoms with Crippen LogP contribution in [0.25, 0.3) is 11.0 Å². The van der Waals surface area contributed by atoms with Crippen molar-refractivity contribution in [3.8, 4) is 5.75 Å². The number of benzene rings is 2. The summed E-state index contributed by atoms with van der Waals surface area (Å²) in [5.74, 6) is 1.74. The van der Waals surface area contributed by atoms with E-state index in [1.54, 1.807) is 7.11 Å². The molecule has 0 N–H and O–H groups in total. The van der Waals surface area contributed by atoms with Gasteiger partial charge in [0.25, 0.3) is 5.91 Å². The zero-order valence-corrected chi connectivity index (χ0v) is 13.8. The molecule has 4 rings (SSSR count). The van der Waals surface area contributed by atoms with Crippen LogP contribution in [-0.2, 0) is 0 Å². The Morgan fingerprint density at radius 3 is 2.83 bits per heavy atom. The predicted octanol–water partition coefficient (Wildman–Crippen LogP) is 4.34. The van der Waals surface area contributed by atoms with Gasteiger partial charge in [0, 0.05) is 17.5 Å². The second-order valence-electron chi connectivity index (χ2n) is 6.19. The largest absolute Gasteiger partial charge is 0.497 e. The summed E-state index contributed by atoms with van der Waals surface area (Å²) in [6.45, 7) is 2.69. The number of amides is 1. The predicted molar refractivity (Wildman–Crippen MR) is 92.3 cm³/mol. The third-order valence-electron chi connectivity index (χ3n) is 4.65. The van der Waals surface area contributed by atoms with E-state index in [9.17, 15) is 4.79 Å².